The summed E-state index contributed by atoms with van der Waals surface area (Å²) in [5.74, 6) is -0.808. The maximum atomic E-state index is 10.8. The van der Waals surface area contributed by atoms with Gasteiger partial charge < -0.3 is 16.6 Å². The molecule has 0 aliphatic carbocycles. The smallest absolute Gasteiger partial charge is 0.320 e. The van der Waals surface area contributed by atoms with Crippen LogP contribution in [0.4, 0.5) is 0 Å². The number of rotatable bonds is 12. The van der Waals surface area contributed by atoms with Crippen LogP contribution < -0.4 is 16.2 Å². The van der Waals surface area contributed by atoms with Gasteiger partial charge in [0.15, 0.2) is 0 Å². The van der Waals surface area contributed by atoms with Crippen LogP contribution in [0.3, 0.4) is 0 Å². The van der Waals surface area contributed by atoms with E-state index in [1.165, 1.54) is 0 Å². The zero-order valence-electron chi connectivity index (χ0n) is 13.0. The molecular formula is C13H28N4O3S2. The number of unbranched alkanes of at least 4 members (excludes halogenated alkanes) is 2. The number of nitrogens with one attached hydrogen (secondary N) is 1. The number of carbonyl (C=O) groups excluding carboxylic acids is 1. The van der Waals surface area contributed by atoms with Gasteiger partial charge in [-0.2, -0.15) is 0 Å². The average Bonchev–Trinajstić information content (AvgIpc) is 2.48. The number of nitrogens with two attached hydrogens (primary N) is 2. The van der Waals surface area contributed by atoms with Gasteiger partial charge in [0.1, 0.15) is 11.8 Å². The number of carbonyl (C=O) groups is 2. The molecule has 22 heavy (non-hydrogen) atoms. The van der Waals surface area contributed by atoms with Crippen LogP contribution in [0.15, 0.2) is 4.36 Å². The van der Waals surface area contributed by atoms with Crippen molar-refractivity contribution in [3.63, 3.8) is 0 Å². The molecule has 2 unspecified atom stereocenters. The zero-order chi connectivity index (χ0) is 17.4. The number of carboxylic acid groups (broad SMARTS) is 1. The molecule has 0 aromatic heterocycles. The van der Waals surface area contributed by atoms with Crippen molar-refractivity contribution in [3.05, 3.63) is 0 Å². The summed E-state index contributed by atoms with van der Waals surface area (Å²) in [6.45, 7) is 2.87. The van der Waals surface area contributed by atoms with E-state index in [1.807, 2.05) is 0 Å². The normalized spacial score (nSPS) is 12.7. The average molecular weight is 353 g/mol. The number of carboxylic acids is 1. The maximum Gasteiger partial charge on any atom is 0.320 e. The van der Waals surface area contributed by atoms with E-state index in [0.717, 1.165) is 32.1 Å². The van der Waals surface area contributed by atoms with Crippen LogP contribution in [0.1, 0.15) is 45.4 Å². The van der Waals surface area contributed by atoms with E-state index in [1.54, 1.807) is 6.92 Å². The second-order valence-corrected chi connectivity index (χ2v) is 5.39. The van der Waals surface area contributed by atoms with Crippen molar-refractivity contribution in [1.29, 1.82) is 0 Å². The van der Waals surface area contributed by atoms with E-state index in [-0.39, 0.29) is 11.8 Å². The third kappa shape index (κ3) is 15.8. The summed E-state index contributed by atoms with van der Waals surface area (Å²) in [7, 11) is 0. The van der Waals surface area contributed by atoms with Crippen LogP contribution in [0.2, 0.25) is 0 Å². The molecular weight excluding hydrogens is 324 g/mol. The van der Waals surface area contributed by atoms with Gasteiger partial charge in [0, 0.05) is 12.4 Å². The number of ketones is 1. The highest BCUT2D eigenvalue weighted by Crippen LogP contribution is 2.01. The first kappa shape index (κ1) is 23.7. The second kappa shape index (κ2) is 16.8. The number of Topliss-reactive ketones (excluding diaryl/α,β-unsaturated/α-hetero) is 1. The first-order chi connectivity index (χ1) is 10.4. The van der Waals surface area contributed by atoms with Crippen molar-refractivity contribution in [1.82, 2.24) is 4.72 Å². The standard InChI is InChI=1S/C7H16N2OS.C6H12N2O2S/c1-6(10)7(9-11)4-2-3-5-8;7-5(6(9)10)3-1-2-4-8-11/h7,9,11H,2-5,8H2,1H3;5H,1-4,7H2,(H,9,10). The van der Waals surface area contributed by atoms with Crippen molar-refractivity contribution in [2.75, 3.05) is 13.1 Å². The monoisotopic (exact) mass is 352 g/mol. The van der Waals surface area contributed by atoms with Gasteiger partial charge >= 0.3 is 5.97 Å². The summed E-state index contributed by atoms with van der Waals surface area (Å²) in [5, 5.41) is 8.37. The molecule has 0 aliphatic rings. The maximum absolute atomic E-state index is 10.8. The molecule has 2 atom stereocenters. The summed E-state index contributed by atoms with van der Waals surface area (Å²) in [6, 6.07) is -0.843. The molecule has 0 saturated heterocycles. The van der Waals surface area contributed by atoms with Crippen LogP contribution in [-0.4, -0.2) is 42.0 Å². The van der Waals surface area contributed by atoms with Crippen LogP contribution in [-0.2, 0) is 22.0 Å². The van der Waals surface area contributed by atoms with E-state index < -0.39 is 12.0 Å². The topological polar surface area (TPSA) is 131 Å². The Balaban J connectivity index is 0. The molecule has 0 rings (SSSR count). The van der Waals surface area contributed by atoms with Crippen molar-refractivity contribution in [2.24, 2.45) is 15.8 Å². The number of hydrogen-bond donors (Lipinski definition) is 5. The predicted octanol–water partition coefficient (Wildman–Crippen LogP) is 0.807. The van der Waals surface area contributed by atoms with E-state index in [9.17, 15) is 9.59 Å². The highest BCUT2D eigenvalue weighted by atomic mass is 32.1. The molecule has 0 aromatic carbocycles. The van der Waals surface area contributed by atoms with Gasteiger partial charge in [-0.1, -0.05) is 19.2 Å². The summed E-state index contributed by atoms with van der Waals surface area (Å²) in [4.78, 5) is 21.0. The Morgan fingerprint density at radius 2 is 1.86 bits per heavy atom. The molecule has 0 bridgehead atoms. The Bertz CT molecular complexity index is 320. The van der Waals surface area contributed by atoms with Gasteiger partial charge in [-0.15, -0.1) is 0 Å². The predicted molar refractivity (Wildman–Crippen MR) is 93.6 cm³/mol. The molecule has 0 spiro atoms. The molecule has 0 amide bonds. The zero-order valence-corrected chi connectivity index (χ0v) is 14.7. The Kier molecular flexibility index (Phi) is 18.0. The highest BCUT2D eigenvalue weighted by Gasteiger charge is 2.10. The second-order valence-electron chi connectivity index (χ2n) is 4.87. The van der Waals surface area contributed by atoms with Gasteiger partial charge in [0.2, 0.25) is 0 Å². The molecule has 6 N–H and O–H groups in total. The minimum atomic E-state index is -0.944. The van der Waals surface area contributed by atoms with Crippen molar-refractivity contribution in [3.8, 4) is 0 Å². The van der Waals surface area contributed by atoms with Crippen LogP contribution in [0.5, 0.6) is 0 Å². The number of nitrogens with zero attached hydrogens (tertiary/aromatic N) is 1. The quantitative estimate of drug-likeness (QED) is 0.259. The largest absolute Gasteiger partial charge is 0.480 e. The summed E-state index contributed by atoms with van der Waals surface area (Å²) < 4.78 is 6.14. The summed E-state index contributed by atoms with van der Waals surface area (Å²) in [6.07, 6.45) is 4.88. The lowest BCUT2D eigenvalue weighted by molar-refractivity contribution is -0.138. The molecule has 0 radical (unpaired) electrons. The van der Waals surface area contributed by atoms with Crippen molar-refractivity contribution in [2.45, 2.75) is 57.5 Å². The lowest BCUT2D eigenvalue weighted by Crippen LogP contribution is -2.29. The molecule has 0 aromatic rings. The molecule has 0 aliphatic heterocycles. The Hall–Kier alpha value is -0.610. The lowest BCUT2D eigenvalue weighted by atomic mass is 10.1. The van der Waals surface area contributed by atoms with Crippen LogP contribution in [0, 0.1) is 0 Å². The van der Waals surface area contributed by atoms with Gasteiger partial charge in [0.25, 0.3) is 0 Å². The molecule has 9 heteroatoms. The number of thiol groups is 1. The SMILES string of the molecule is CC(=O)C(CCCCN)NS.NC(CCCCN=S)C(=O)O. The fourth-order valence-electron chi connectivity index (χ4n) is 1.52. The third-order valence-electron chi connectivity index (χ3n) is 2.93. The fraction of sp³-hybridized carbons (Fsp3) is 0.846. The molecule has 0 heterocycles. The Labute approximate surface area is 143 Å². The summed E-state index contributed by atoms with van der Waals surface area (Å²) >= 11 is 8.22. The van der Waals surface area contributed by atoms with E-state index >= 15 is 0 Å². The van der Waals surface area contributed by atoms with Crippen LogP contribution in [0.25, 0.3) is 0 Å². The number of aliphatic carboxylic acids is 1. The minimum Gasteiger partial charge on any atom is -0.480 e. The van der Waals surface area contributed by atoms with Gasteiger partial charge in [-0.05, 0) is 45.6 Å². The molecule has 7 nitrogen and oxygen atoms in total. The summed E-state index contributed by atoms with van der Waals surface area (Å²) in [5.41, 5.74) is 10.6. The van der Waals surface area contributed by atoms with Crippen molar-refractivity contribution < 1.29 is 14.7 Å². The van der Waals surface area contributed by atoms with Gasteiger partial charge in [-0.25, -0.2) is 4.36 Å². The van der Waals surface area contributed by atoms with Gasteiger partial charge in [0.05, 0.1) is 12.6 Å². The highest BCUT2D eigenvalue weighted by molar-refractivity contribution is 7.78. The fourth-order valence-corrected chi connectivity index (χ4v) is 1.96. The Morgan fingerprint density at radius 3 is 2.27 bits per heavy atom. The Morgan fingerprint density at radius 1 is 1.27 bits per heavy atom. The number of hydrogen-bond acceptors (Lipinski definition) is 8. The van der Waals surface area contributed by atoms with Gasteiger partial charge in [-0.3, -0.25) is 14.3 Å². The van der Waals surface area contributed by atoms with E-state index in [2.05, 4.69) is 34.3 Å². The molecule has 130 valence electrons. The lowest BCUT2D eigenvalue weighted by Gasteiger charge is -2.10. The molecule has 0 saturated carbocycles. The van der Waals surface area contributed by atoms with E-state index in [0.29, 0.717) is 19.5 Å². The minimum absolute atomic E-state index is 0.107. The van der Waals surface area contributed by atoms with Crippen LogP contribution >= 0.6 is 12.8 Å². The van der Waals surface area contributed by atoms with Crippen molar-refractivity contribution >= 4 is 37.0 Å². The first-order valence-corrected chi connectivity index (χ1v) is 8.09. The third-order valence-corrected chi connectivity index (χ3v) is 3.42. The van der Waals surface area contributed by atoms with E-state index in [4.69, 9.17) is 16.6 Å². The molecule has 0 fully saturated rings. The first-order valence-electron chi connectivity index (χ1n) is 7.28.